The van der Waals surface area contributed by atoms with Gasteiger partial charge in [-0.25, -0.2) is 9.78 Å². The quantitative estimate of drug-likeness (QED) is 0.642. The first-order valence-corrected chi connectivity index (χ1v) is 3.82. The number of hydrogen-bond acceptors (Lipinski definition) is 5. The molecule has 0 saturated heterocycles. The summed E-state index contributed by atoms with van der Waals surface area (Å²) in [6.45, 7) is 2.06. The van der Waals surface area contributed by atoms with Crippen LogP contribution in [0.15, 0.2) is 12.3 Å². The summed E-state index contributed by atoms with van der Waals surface area (Å²) in [5.41, 5.74) is 0.203. The van der Waals surface area contributed by atoms with Crippen molar-refractivity contribution in [1.29, 1.82) is 0 Å². The summed E-state index contributed by atoms with van der Waals surface area (Å²) in [7, 11) is 1.43. The first-order chi connectivity index (χ1) is 6.27. The number of carbonyl (C=O) groups excluding carboxylic acids is 1. The van der Waals surface area contributed by atoms with Gasteiger partial charge in [0.2, 0.25) is 0 Å². The highest BCUT2D eigenvalue weighted by atomic mass is 16.5. The molecule has 5 nitrogen and oxygen atoms in total. The largest absolute Gasteiger partial charge is 0.467 e. The van der Waals surface area contributed by atoms with E-state index in [1.54, 1.807) is 6.92 Å². The normalized spacial score (nSPS) is 9.38. The molecular formula is C8H10N2O3. The number of esters is 1. The summed E-state index contributed by atoms with van der Waals surface area (Å²) in [4.78, 5) is 18.7. The molecule has 1 aromatic heterocycles. The molecule has 0 fully saturated rings. The maximum Gasteiger partial charge on any atom is 0.357 e. The zero-order valence-electron chi connectivity index (χ0n) is 7.48. The zero-order valence-corrected chi connectivity index (χ0v) is 7.48. The van der Waals surface area contributed by atoms with Gasteiger partial charge in [-0.05, 0) is 13.0 Å². The Morgan fingerprint density at radius 1 is 1.62 bits per heavy atom. The molecule has 1 rings (SSSR count). The van der Waals surface area contributed by atoms with Crippen molar-refractivity contribution < 1.29 is 14.3 Å². The van der Waals surface area contributed by atoms with Crippen LogP contribution < -0.4 is 4.74 Å². The lowest BCUT2D eigenvalue weighted by atomic mass is 10.4. The van der Waals surface area contributed by atoms with Gasteiger partial charge in [0.1, 0.15) is 0 Å². The summed E-state index contributed by atoms with van der Waals surface area (Å²) < 4.78 is 9.50. The number of nitrogens with zero attached hydrogens (tertiary/aromatic N) is 2. The molecule has 0 unspecified atom stereocenters. The number of carbonyl (C=O) groups is 1. The Hall–Kier alpha value is -1.65. The van der Waals surface area contributed by atoms with E-state index in [1.807, 2.05) is 0 Å². The molecule has 0 aliphatic rings. The topological polar surface area (TPSA) is 61.3 Å². The van der Waals surface area contributed by atoms with Gasteiger partial charge in [-0.1, -0.05) is 0 Å². The van der Waals surface area contributed by atoms with Crippen LogP contribution in [0.2, 0.25) is 0 Å². The molecule has 0 aliphatic heterocycles. The SMILES string of the molecule is CCOC(=O)c1ccnc(OC)n1. The minimum Gasteiger partial charge on any atom is -0.467 e. The highest BCUT2D eigenvalue weighted by Crippen LogP contribution is 2.03. The first kappa shape index (κ1) is 9.44. The number of aromatic nitrogens is 2. The molecular weight excluding hydrogens is 172 g/mol. The van der Waals surface area contributed by atoms with Gasteiger partial charge < -0.3 is 9.47 Å². The van der Waals surface area contributed by atoms with E-state index in [1.165, 1.54) is 19.4 Å². The fraction of sp³-hybridized carbons (Fsp3) is 0.375. The minimum absolute atomic E-state index is 0.158. The second kappa shape index (κ2) is 4.39. The third kappa shape index (κ3) is 2.40. The molecule has 70 valence electrons. The molecule has 0 atom stereocenters. The van der Waals surface area contributed by atoms with Crippen molar-refractivity contribution in [3.63, 3.8) is 0 Å². The van der Waals surface area contributed by atoms with Crippen molar-refractivity contribution in [2.75, 3.05) is 13.7 Å². The molecule has 0 spiro atoms. The molecule has 0 aromatic carbocycles. The van der Waals surface area contributed by atoms with Crippen LogP contribution in [0, 0.1) is 0 Å². The lowest BCUT2D eigenvalue weighted by molar-refractivity contribution is 0.0518. The van der Waals surface area contributed by atoms with E-state index >= 15 is 0 Å². The lowest BCUT2D eigenvalue weighted by Gasteiger charge is -2.01. The van der Waals surface area contributed by atoms with E-state index < -0.39 is 5.97 Å². The Morgan fingerprint density at radius 3 is 3.00 bits per heavy atom. The Balaban J connectivity index is 2.82. The molecule has 0 N–H and O–H groups in total. The fourth-order valence-electron chi connectivity index (χ4n) is 0.758. The first-order valence-electron chi connectivity index (χ1n) is 3.82. The van der Waals surface area contributed by atoms with Crippen LogP contribution >= 0.6 is 0 Å². The van der Waals surface area contributed by atoms with Gasteiger partial charge in [0, 0.05) is 6.20 Å². The van der Waals surface area contributed by atoms with Crippen LogP contribution in [0.25, 0.3) is 0 Å². The van der Waals surface area contributed by atoms with Crippen LogP contribution in [0.1, 0.15) is 17.4 Å². The standard InChI is InChI=1S/C8H10N2O3/c1-3-13-7(11)6-4-5-9-8(10-6)12-2/h4-5H,3H2,1-2H3. The van der Waals surface area contributed by atoms with Gasteiger partial charge in [-0.2, -0.15) is 4.98 Å². The summed E-state index contributed by atoms with van der Waals surface area (Å²) in [6.07, 6.45) is 1.44. The fourth-order valence-corrected chi connectivity index (χ4v) is 0.758. The van der Waals surface area contributed by atoms with E-state index in [-0.39, 0.29) is 11.7 Å². The Morgan fingerprint density at radius 2 is 2.38 bits per heavy atom. The number of methoxy groups -OCH3 is 1. The van der Waals surface area contributed by atoms with Gasteiger partial charge in [-0.3, -0.25) is 0 Å². The van der Waals surface area contributed by atoms with Crippen LogP contribution in [-0.2, 0) is 4.74 Å². The predicted octanol–water partition coefficient (Wildman–Crippen LogP) is 0.662. The van der Waals surface area contributed by atoms with Crippen molar-refractivity contribution in [2.24, 2.45) is 0 Å². The van der Waals surface area contributed by atoms with Crippen LogP contribution in [0.5, 0.6) is 6.01 Å². The van der Waals surface area contributed by atoms with E-state index in [9.17, 15) is 4.79 Å². The molecule has 1 heterocycles. The van der Waals surface area contributed by atoms with E-state index in [0.717, 1.165) is 0 Å². The molecule has 1 aromatic rings. The third-order valence-electron chi connectivity index (χ3n) is 1.30. The average molecular weight is 182 g/mol. The predicted molar refractivity (Wildman–Crippen MR) is 44.5 cm³/mol. The summed E-state index contributed by atoms with van der Waals surface area (Å²) in [5, 5.41) is 0. The van der Waals surface area contributed by atoms with Gasteiger partial charge >= 0.3 is 12.0 Å². The zero-order chi connectivity index (χ0) is 9.68. The molecule has 0 radical (unpaired) electrons. The summed E-state index contributed by atoms with van der Waals surface area (Å²) >= 11 is 0. The molecule has 0 bridgehead atoms. The molecule has 5 heteroatoms. The molecule has 13 heavy (non-hydrogen) atoms. The Bertz CT molecular complexity index is 301. The average Bonchev–Trinajstić information content (AvgIpc) is 2.18. The smallest absolute Gasteiger partial charge is 0.357 e. The number of hydrogen-bond donors (Lipinski definition) is 0. The lowest BCUT2D eigenvalue weighted by Crippen LogP contribution is -2.08. The maximum atomic E-state index is 11.1. The van der Waals surface area contributed by atoms with E-state index in [0.29, 0.717) is 6.61 Å². The Kier molecular flexibility index (Phi) is 3.19. The van der Waals surface area contributed by atoms with Crippen LogP contribution in [0.3, 0.4) is 0 Å². The van der Waals surface area contributed by atoms with Crippen LogP contribution in [0.4, 0.5) is 0 Å². The van der Waals surface area contributed by atoms with Crippen molar-refractivity contribution >= 4 is 5.97 Å². The van der Waals surface area contributed by atoms with E-state index in [4.69, 9.17) is 9.47 Å². The van der Waals surface area contributed by atoms with Gasteiger partial charge in [0.05, 0.1) is 13.7 Å². The van der Waals surface area contributed by atoms with E-state index in [2.05, 4.69) is 9.97 Å². The summed E-state index contributed by atoms with van der Waals surface area (Å²) in [6, 6.07) is 1.63. The van der Waals surface area contributed by atoms with Gasteiger partial charge in [-0.15, -0.1) is 0 Å². The number of rotatable bonds is 3. The maximum absolute atomic E-state index is 11.1. The summed E-state index contributed by atoms with van der Waals surface area (Å²) in [5.74, 6) is -0.469. The van der Waals surface area contributed by atoms with Crippen LogP contribution in [-0.4, -0.2) is 29.7 Å². The molecule has 0 saturated carbocycles. The highest BCUT2D eigenvalue weighted by molar-refractivity contribution is 5.87. The second-order valence-electron chi connectivity index (χ2n) is 2.15. The second-order valence-corrected chi connectivity index (χ2v) is 2.15. The molecule has 0 amide bonds. The monoisotopic (exact) mass is 182 g/mol. The van der Waals surface area contributed by atoms with Crippen molar-refractivity contribution in [3.05, 3.63) is 18.0 Å². The minimum atomic E-state index is -0.469. The highest BCUT2D eigenvalue weighted by Gasteiger charge is 2.08. The third-order valence-corrected chi connectivity index (χ3v) is 1.30. The van der Waals surface area contributed by atoms with Crippen molar-refractivity contribution in [2.45, 2.75) is 6.92 Å². The van der Waals surface area contributed by atoms with Crippen molar-refractivity contribution in [1.82, 2.24) is 9.97 Å². The molecule has 0 aliphatic carbocycles. The van der Waals surface area contributed by atoms with Gasteiger partial charge in [0.15, 0.2) is 5.69 Å². The number of ether oxygens (including phenoxy) is 2. The van der Waals surface area contributed by atoms with Crippen molar-refractivity contribution in [3.8, 4) is 6.01 Å². The Labute approximate surface area is 75.7 Å². The van der Waals surface area contributed by atoms with Gasteiger partial charge in [0.25, 0.3) is 0 Å².